The molecule has 4 aromatic rings. The third-order valence-corrected chi connectivity index (χ3v) is 6.86. The molecule has 2 N–H and O–H groups in total. The van der Waals surface area contributed by atoms with Crippen LogP contribution in [0.5, 0.6) is 0 Å². The van der Waals surface area contributed by atoms with E-state index in [2.05, 4.69) is 14.7 Å². The minimum atomic E-state index is -3.75. The SMILES string of the molecule is CCN(Cc1nc2ccccc2c(=O)[nH]1)C(=O)CCNS(=O)(=O)c1ccc2ccccc2c1. The van der Waals surface area contributed by atoms with Crippen LogP contribution >= 0.6 is 0 Å². The van der Waals surface area contributed by atoms with Crippen LogP contribution in [0.2, 0.25) is 0 Å². The number of aromatic amines is 1. The fourth-order valence-electron chi connectivity index (χ4n) is 3.64. The molecule has 9 heteroatoms. The summed E-state index contributed by atoms with van der Waals surface area (Å²) in [7, 11) is -3.75. The molecule has 3 aromatic carbocycles. The molecule has 0 fully saturated rings. The second-order valence-electron chi connectivity index (χ2n) is 7.59. The average Bonchev–Trinajstić information content (AvgIpc) is 2.82. The minimum Gasteiger partial charge on any atom is -0.335 e. The van der Waals surface area contributed by atoms with Gasteiger partial charge in [-0.25, -0.2) is 18.1 Å². The number of nitrogens with zero attached hydrogens (tertiary/aromatic N) is 2. The Morgan fingerprint density at radius 3 is 2.55 bits per heavy atom. The predicted octanol–water partition coefficient (Wildman–Crippen LogP) is 2.79. The van der Waals surface area contributed by atoms with Crippen molar-refractivity contribution in [2.24, 2.45) is 0 Å². The quantitative estimate of drug-likeness (QED) is 0.416. The molecule has 1 heterocycles. The zero-order valence-corrected chi connectivity index (χ0v) is 18.9. The highest BCUT2D eigenvalue weighted by molar-refractivity contribution is 7.89. The molecule has 170 valence electrons. The summed E-state index contributed by atoms with van der Waals surface area (Å²) in [5, 5.41) is 2.26. The number of fused-ring (bicyclic) bond motifs is 2. The summed E-state index contributed by atoms with van der Waals surface area (Å²) >= 11 is 0. The zero-order valence-electron chi connectivity index (χ0n) is 18.1. The number of H-pyrrole nitrogens is 1. The van der Waals surface area contributed by atoms with Gasteiger partial charge in [0, 0.05) is 19.5 Å². The summed E-state index contributed by atoms with van der Waals surface area (Å²) in [4.78, 5) is 33.8. The van der Waals surface area contributed by atoms with Crippen molar-refractivity contribution in [2.75, 3.05) is 13.1 Å². The molecular weight excluding hydrogens is 440 g/mol. The van der Waals surface area contributed by atoms with Crippen LogP contribution in [0.15, 0.2) is 76.4 Å². The third kappa shape index (κ3) is 5.10. The first-order valence-electron chi connectivity index (χ1n) is 10.6. The van der Waals surface area contributed by atoms with E-state index in [-0.39, 0.29) is 35.9 Å². The molecule has 1 amide bonds. The number of nitrogens with one attached hydrogen (secondary N) is 2. The molecule has 0 spiro atoms. The Balaban J connectivity index is 1.40. The van der Waals surface area contributed by atoms with Gasteiger partial charge in [0.2, 0.25) is 15.9 Å². The summed E-state index contributed by atoms with van der Waals surface area (Å²) in [5.74, 6) is 0.139. The van der Waals surface area contributed by atoms with E-state index in [0.717, 1.165) is 10.8 Å². The monoisotopic (exact) mass is 464 g/mol. The molecule has 0 bridgehead atoms. The van der Waals surface area contributed by atoms with Gasteiger partial charge in [0.15, 0.2) is 0 Å². The summed E-state index contributed by atoms with van der Waals surface area (Å²) in [6, 6.07) is 19.4. The van der Waals surface area contributed by atoms with Gasteiger partial charge >= 0.3 is 0 Å². The molecule has 8 nitrogen and oxygen atoms in total. The highest BCUT2D eigenvalue weighted by atomic mass is 32.2. The number of carbonyl (C=O) groups is 1. The van der Waals surface area contributed by atoms with Crippen LogP contribution in [0.4, 0.5) is 0 Å². The molecule has 33 heavy (non-hydrogen) atoms. The number of hydrogen-bond acceptors (Lipinski definition) is 5. The maximum atomic E-state index is 12.7. The maximum Gasteiger partial charge on any atom is 0.258 e. The lowest BCUT2D eigenvalue weighted by atomic mass is 10.1. The Morgan fingerprint density at radius 2 is 1.76 bits per heavy atom. The molecule has 0 saturated carbocycles. The normalized spacial score (nSPS) is 11.7. The van der Waals surface area contributed by atoms with Gasteiger partial charge in [0.05, 0.1) is 22.3 Å². The Morgan fingerprint density at radius 1 is 1.03 bits per heavy atom. The number of sulfonamides is 1. The molecule has 1 aromatic heterocycles. The molecule has 0 aliphatic rings. The first-order valence-corrected chi connectivity index (χ1v) is 12.1. The number of aromatic nitrogens is 2. The largest absolute Gasteiger partial charge is 0.335 e. The third-order valence-electron chi connectivity index (χ3n) is 5.40. The number of benzene rings is 3. The second-order valence-corrected chi connectivity index (χ2v) is 9.36. The van der Waals surface area contributed by atoms with Crippen molar-refractivity contribution in [1.29, 1.82) is 0 Å². The highest BCUT2D eigenvalue weighted by Crippen LogP contribution is 2.18. The first kappa shape index (κ1) is 22.6. The van der Waals surface area contributed by atoms with Crippen LogP contribution in [0.1, 0.15) is 19.2 Å². The molecule has 0 unspecified atom stereocenters. The maximum absolute atomic E-state index is 12.7. The van der Waals surface area contributed by atoms with E-state index in [1.54, 1.807) is 42.5 Å². The van der Waals surface area contributed by atoms with E-state index >= 15 is 0 Å². The van der Waals surface area contributed by atoms with Gasteiger partial charge in [-0.05, 0) is 42.0 Å². The van der Waals surface area contributed by atoms with Crippen molar-refractivity contribution in [1.82, 2.24) is 19.6 Å². The first-order chi connectivity index (χ1) is 15.9. The van der Waals surface area contributed by atoms with Crippen LogP contribution < -0.4 is 10.3 Å². The number of carbonyl (C=O) groups excluding carboxylic acids is 1. The van der Waals surface area contributed by atoms with E-state index in [1.807, 2.05) is 31.2 Å². The number of rotatable bonds is 8. The molecule has 0 aliphatic heterocycles. The fraction of sp³-hybridized carbons (Fsp3) is 0.208. The van der Waals surface area contributed by atoms with Gasteiger partial charge in [0.25, 0.3) is 5.56 Å². The van der Waals surface area contributed by atoms with Gasteiger partial charge in [-0.1, -0.05) is 42.5 Å². The van der Waals surface area contributed by atoms with Crippen molar-refractivity contribution in [3.05, 3.63) is 82.9 Å². The summed E-state index contributed by atoms with van der Waals surface area (Å²) in [6.07, 6.45) is -0.0154. The van der Waals surface area contributed by atoms with Crippen molar-refractivity contribution in [2.45, 2.75) is 24.8 Å². The Kier molecular flexibility index (Phi) is 6.52. The molecule has 4 rings (SSSR count). The van der Waals surface area contributed by atoms with E-state index < -0.39 is 10.0 Å². The Bertz CT molecular complexity index is 1480. The van der Waals surface area contributed by atoms with Crippen molar-refractivity contribution in [3.8, 4) is 0 Å². The van der Waals surface area contributed by atoms with Gasteiger partial charge in [-0.3, -0.25) is 9.59 Å². The van der Waals surface area contributed by atoms with Crippen molar-refractivity contribution < 1.29 is 13.2 Å². The standard InChI is InChI=1S/C24H24N4O4S/c1-2-28(16-22-26-21-10-6-5-9-20(21)24(30)27-22)23(29)13-14-25-33(31,32)19-12-11-17-7-3-4-8-18(17)15-19/h3-12,15,25H,2,13-14,16H2,1H3,(H,26,27,30). The van der Waals surface area contributed by atoms with Gasteiger partial charge < -0.3 is 9.88 Å². The Labute approximate surface area is 191 Å². The van der Waals surface area contributed by atoms with Crippen LogP contribution in [0.25, 0.3) is 21.7 Å². The summed E-state index contributed by atoms with van der Waals surface area (Å²) < 4.78 is 27.8. The molecule has 0 aliphatic carbocycles. The fourth-order valence-corrected chi connectivity index (χ4v) is 4.70. The predicted molar refractivity (Wildman–Crippen MR) is 127 cm³/mol. The average molecular weight is 465 g/mol. The van der Waals surface area contributed by atoms with Crippen molar-refractivity contribution in [3.63, 3.8) is 0 Å². The number of para-hydroxylation sites is 1. The van der Waals surface area contributed by atoms with Gasteiger partial charge in [-0.2, -0.15) is 0 Å². The second kappa shape index (κ2) is 9.51. The lowest BCUT2D eigenvalue weighted by Crippen LogP contribution is -2.35. The summed E-state index contributed by atoms with van der Waals surface area (Å²) in [6.45, 7) is 2.31. The minimum absolute atomic E-state index is 0.0154. The van der Waals surface area contributed by atoms with E-state index in [9.17, 15) is 18.0 Å². The van der Waals surface area contributed by atoms with Gasteiger partial charge in [-0.15, -0.1) is 0 Å². The van der Waals surface area contributed by atoms with E-state index in [0.29, 0.717) is 23.3 Å². The number of hydrogen-bond donors (Lipinski definition) is 2. The molecule has 0 atom stereocenters. The van der Waals surface area contributed by atoms with Crippen molar-refractivity contribution >= 4 is 37.6 Å². The summed E-state index contributed by atoms with van der Waals surface area (Å²) in [5.41, 5.74) is 0.296. The number of amides is 1. The smallest absolute Gasteiger partial charge is 0.258 e. The molecule has 0 radical (unpaired) electrons. The van der Waals surface area contributed by atoms with Gasteiger partial charge in [0.1, 0.15) is 5.82 Å². The van der Waals surface area contributed by atoms with Crippen LogP contribution in [0, 0.1) is 0 Å². The van der Waals surface area contributed by atoms with E-state index in [4.69, 9.17) is 0 Å². The van der Waals surface area contributed by atoms with E-state index in [1.165, 1.54) is 4.90 Å². The lowest BCUT2D eigenvalue weighted by Gasteiger charge is -2.20. The molecule has 0 saturated heterocycles. The topological polar surface area (TPSA) is 112 Å². The molecular formula is C24H24N4O4S. The van der Waals surface area contributed by atoms with Crippen LogP contribution in [-0.2, 0) is 21.4 Å². The highest BCUT2D eigenvalue weighted by Gasteiger charge is 2.18. The Hall–Kier alpha value is -3.56. The lowest BCUT2D eigenvalue weighted by molar-refractivity contribution is -0.131. The zero-order chi connectivity index (χ0) is 23.4. The van der Waals surface area contributed by atoms with Crippen LogP contribution in [0.3, 0.4) is 0 Å². The van der Waals surface area contributed by atoms with Crippen LogP contribution in [-0.4, -0.2) is 42.3 Å².